The number of cyclic esters (lactones) is 1. The van der Waals surface area contributed by atoms with Crippen LogP contribution in [0.25, 0.3) is 110 Å². The van der Waals surface area contributed by atoms with Gasteiger partial charge in [-0.3, -0.25) is 43.3 Å². The molecule has 0 radical (unpaired) electrons. The summed E-state index contributed by atoms with van der Waals surface area (Å²) in [6.45, 7) is 7.18. The first-order valence-electron chi connectivity index (χ1n) is 43.7. The molecule has 0 unspecified atom stereocenters. The number of fused-ring (bicyclic) bond motifs is 5. The number of hydrogen-bond donors (Lipinski definition) is 4. The maximum Gasteiger partial charge on any atom is 0.410 e. The molecule has 33 heteroatoms. The Balaban J connectivity index is 0.000000124. The third-order valence-electron chi connectivity index (χ3n) is 23.8. The minimum Gasteiger partial charge on any atom is -0.448 e. The van der Waals surface area contributed by atoms with Crippen molar-refractivity contribution in [2.75, 3.05) is 51.8 Å². The molecule has 10 aromatic carbocycles. The van der Waals surface area contributed by atoms with E-state index in [1.54, 1.807) is 101 Å². The number of hydrogen-bond acceptors (Lipinski definition) is 19. The maximum atomic E-state index is 13.3. The number of primary amides is 4. The molecule has 15 aromatic rings. The van der Waals surface area contributed by atoms with Gasteiger partial charge in [-0.25, -0.2) is 55.7 Å². The van der Waals surface area contributed by atoms with E-state index >= 15 is 0 Å². The number of pyridine rings is 5. The molecule has 0 atom stereocenters. The Morgan fingerprint density at radius 2 is 0.708 bits per heavy atom. The highest BCUT2D eigenvalue weighted by Gasteiger charge is 2.32. The molecule has 28 nitrogen and oxygen atoms in total. The van der Waals surface area contributed by atoms with E-state index in [0.717, 1.165) is 123 Å². The van der Waals surface area contributed by atoms with Gasteiger partial charge in [-0.1, -0.05) is 139 Å². The summed E-state index contributed by atoms with van der Waals surface area (Å²) < 4.78 is 88.8. The summed E-state index contributed by atoms with van der Waals surface area (Å²) in [5.41, 5.74) is 39.0. The molecule has 10 heterocycles. The minimum absolute atomic E-state index is 0.0582. The predicted molar refractivity (Wildman–Crippen MR) is 506 cm³/mol. The maximum absolute atomic E-state index is 13.3. The number of nitriles is 1. The molecule has 8 N–H and O–H groups in total. The zero-order valence-corrected chi connectivity index (χ0v) is 74.6. The first-order valence-corrected chi connectivity index (χ1v) is 45.3. The molecular formula is C104H87F4N15O13S. The van der Waals surface area contributed by atoms with Crippen LogP contribution >= 0.6 is 0 Å². The molecule has 0 aliphatic carbocycles. The van der Waals surface area contributed by atoms with Crippen LogP contribution in [0.4, 0.5) is 22.4 Å². The van der Waals surface area contributed by atoms with Crippen molar-refractivity contribution in [2.45, 2.75) is 71.8 Å². The molecule has 5 aliphatic heterocycles. The number of aromatic nitrogens is 5. The molecule has 0 spiro atoms. The number of morpholine rings is 1. The lowest BCUT2D eigenvalue weighted by Crippen LogP contribution is -2.40. The van der Waals surface area contributed by atoms with E-state index in [4.69, 9.17) is 32.4 Å². The van der Waals surface area contributed by atoms with Crippen molar-refractivity contribution in [1.82, 2.24) is 48.8 Å². The highest BCUT2D eigenvalue weighted by atomic mass is 32.2. The number of aryl methyl sites for hydroxylation is 1. The van der Waals surface area contributed by atoms with E-state index in [0.29, 0.717) is 104 Å². The van der Waals surface area contributed by atoms with E-state index in [9.17, 15) is 74.4 Å². The molecule has 5 fully saturated rings. The number of sulfonamides is 1. The first kappa shape index (κ1) is 93.8. The van der Waals surface area contributed by atoms with Crippen LogP contribution in [0.5, 0.6) is 0 Å². The Bertz CT molecular complexity index is 7340. The van der Waals surface area contributed by atoms with Crippen LogP contribution in [-0.2, 0) is 71.4 Å². The highest BCUT2D eigenvalue weighted by Crippen LogP contribution is 2.38. The summed E-state index contributed by atoms with van der Waals surface area (Å²) in [6, 6.07) is 70.6. The average Bonchev–Trinajstić information content (AvgIpc) is 0.830. The van der Waals surface area contributed by atoms with E-state index < -0.39 is 33.7 Å². The smallest absolute Gasteiger partial charge is 0.410 e. The van der Waals surface area contributed by atoms with Crippen LogP contribution in [0.1, 0.15) is 113 Å². The van der Waals surface area contributed by atoms with Crippen molar-refractivity contribution in [2.24, 2.45) is 22.9 Å². The lowest BCUT2D eigenvalue weighted by atomic mass is 9.98. The Morgan fingerprint density at radius 1 is 0.372 bits per heavy atom. The van der Waals surface area contributed by atoms with Crippen LogP contribution in [0.2, 0.25) is 0 Å². The van der Waals surface area contributed by atoms with Crippen LogP contribution in [0, 0.1) is 41.5 Å². The number of nitrogens with two attached hydrogens (primary N) is 4. The van der Waals surface area contributed by atoms with Gasteiger partial charge in [-0.2, -0.15) is 9.57 Å². The topological polar surface area (TPSA) is 415 Å². The highest BCUT2D eigenvalue weighted by molar-refractivity contribution is 7.89. The number of nitrogens with zero attached hydrogens (tertiary/aromatic N) is 11. The Morgan fingerprint density at radius 3 is 1.04 bits per heavy atom. The molecule has 20 rings (SSSR count). The quantitative estimate of drug-likeness (QED) is 0.0431. The standard InChI is InChI=1S/C22H19N3O3.C21H18FN3O3.C21H16FN3O.C20H18FN3O3S.C20H16FN3O3/c1-13-2-5-15(6-3-13)17-11-19(22(23)28)24-18-10-14(4-7-16(17)18)12-25-20(26)8-9-21(25)27;22-15-4-2-14(3-5-15)17-10-19(21(23)27)24-18-9-13(1-6-16(17)18)11-25-7-8-28-12-20(25)26;22-16-6-4-15(5-7-16)19-11-17(12-23)24-20-10-14(3-8-18(19)20)13-25-9-1-2-21(25)26;21-15-5-3-14(4-6-15)17-11-19(20(22)25)23-18-10-13(2-7-16(17)18)12-24-8-1-9-28(24,26)27;21-14-4-2-13(3-5-14)16-10-18(19(22)25)23-17-9-12(1-6-15(16)17)11-24-7-8-27-20(24)26/h2-7,10-11H,8-9,12H2,1H3,(H2,23,28);1-6,9-10H,7-8,11-12H2,(H2,23,27);3-8,10-11H,1-2,9,13H2;2-7,10-11H,1,8-9,12H2,(H2,22,25);1-6,9-10H,7-8,11H2,(H2,22,25). The van der Waals surface area contributed by atoms with Gasteiger partial charge >= 0.3 is 6.09 Å². The minimum atomic E-state index is -3.21. The van der Waals surface area contributed by atoms with Gasteiger partial charge in [0.05, 0.1) is 53.0 Å². The van der Waals surface area contributed by atoms with Crippen LogP contribution in [0.3, 0.4) is 0 Å². The number of amides is 9. The number of likely N-dealkylation sites (tertiary alicyclic amines) is 2. The Kier molecular flexibility index (Phi) is 28.0. The zero-order valence-electron chi connectivity index (χ0n) is 73.8. The summed E-state index contributed by atoms with van der Waals surface area (Å²) in [5, 5.41) is 13.5. The van der Waals surface area contributed by atoms with Gasteiger partial charge in [0.15, 0.2) is 0 Å². The van der Waals surface area contributed by atoms with E-state index in [-0.39, 0.29) is 114 Å². The molecule has 137 heavy (non-hydrogen) atoms. The summed E-state index contributed by atoms with van der Waals surface area (Å²) in [5.74, 6) is -3.93. The van der Waals surface area contributed by atoms with Crippen molar-refractivity contribution < 1.29 is 78.6 Å². The fourth-order valence-electron chi connectivity index (χ4n) is 16.7. The van der Waals surface area contributed by atoms with Gasteiger partial charge in [-0.15, -0.1) is 0 Å². The van der Waals surface area contributed by atoms with Gasteiger partial charge in [0, 0.05) is 92.0 Å². The normalized spacial score (nSPS) is 14.6. The summed E-state index contributed by atoms with van der Waals surface area (Å²) >= 11 is 0. The van der Waals surface area contributed by atoms with E-state index in [2.05, 4.69) is 31.0 Å². The fraction of sp³-hybridized carbons (Fsp3) is 0.183. The number of imide groups is 1. The second-order valence-electron chi connectivity index (χ2n) is 33.2. The lowest BCUT2D eigenvalue weighted by molar-refractivity contribution is -0.143. The summed E-state index contributed by atoms with van der Waals surface area (Å²) in [7, 11) is -3.21. The summed E-state index contributed by atoms with van der Waals surface area (Å²) in [6.07, 6.45) is 2.30. The third-order valence-corrected chi connectivity index (χ3v) is 25.7. The van der Waals surface area contributed by atoms with Crippen molar-refractivity contribution in [3.63, 3.8) is 0 Å². The van der Waals surface area contributed by atoms with Gasteiger partial charge in [0.1, 0.15) is 71.0 Å². The van der Waals surface area contributed by atoms with Crippen molar-refractivity contribution in [3.05, 3.63) is 328 Å². The number of carbonyl (C=O) groups excluding carboxylic acids is 9. The number of halogens is 4. The molecule has 0 bridgehead atoms. The molecule has 5 aromatic heterocycles. The molecule has 690 valence electrons. The third kappa shape index (κ3) is 22.1. The zero-order chi connectivity index (χ0) is 96.5. The van der Waals surface area contributed by atoms with Crippen LogP contribution in [-0.4, -0.2) is 162 Å². The predicted octanol–water partition coefficient (Wildman–Crippen LogP) is 15.3. The van der Waals surface area contributed by atoms with E-state index in [1.165, 1.54) is 57.7 Å². The molecule has 5 aliphatic rings. The molecule has 0 saturated carbocycles. The van der Waals surface area contributed by atoms with Crippen molar-refractivity contribution in [3.8, 4) is 61.7 Å². The SMILES string of the molecule is Cc1ccc(-c2cc(C(N)=O)nc3cc(CN4C(=O)CCC4=O)ccc23)cc1.N#Cc1cc(-c2ccc(F)cc2)c2ccc(CN3CCCC3=O)cc2n1.NC(=O)c1cc(-c2ccc(F)cc2)c2ccc(CN3CCCS3(=O)=O)cc2n1.NC(=O)c1cc(-c2ccc(F)cc2)c2ccc(CN3CCOC3=O)cc2n1.NC(=O)c1cc(-c2ccc(F)cc2)c2ccc(CN3CCOCC3=O)cc2n1. The number of benzene rings is 10. The largest absolute Gasteiger partial charge is 0.448 e. The van der Waals surface area contributed by atoms with Gasteiger partial charge < -0.3 is 47.1 Å². The first-order chi connectivity index (χ1) is 65.9. The average molecular weight is 1860 g/mol. The molecular weight excluding hydrogens is 1780 g/mol. The fourth-order valence-corrected chi connectivity index (χ4v) is 18.2. The van der Waals surface area contributed by atoms with Gasteiger partial charge in [0.2, 0.25) is 33.7 Å². The molecule has 5 saturated heterocycles. The Labute approximate surface area is 782 Å². The van der Waals surface area contributed by atoms with Gasteiger partial charge in [-0.05, 0) is 212 Å². The number of rotatable bonds is 19. The number of carbonyl (C=O) groups is 9. The second kappa shape index (κ2) is 41.0. The van der Waals surface area contributed by atoms with E-state index in [1.807, 2.05) is 115 Å². The lowest BCUT2D eigenvalue weighted by Gasteiger charge is -2.26. The monoisotopic (exact) mass is 1860 g/mol. The van der Waals surface area contributed by atoms with Crippen LogP contribution < -0.4 is 22.9 Å². The second-order valence-corrected chi connectivity index (χ2v) is 35.3. The summed E-state index contributed by atoms with van der Waals surface area (Å²) in [4.78, 5) is 135. The Hall–Kier alpha value is -16.4. The molecule has 9 amide bonds. The van der Waals surface area contributed by atoms with Gasteiger partial charge in [0.25, 0.3) is 23.6 Å². The van der Waals surface area contributed by atoms with Crippen LogP contribution in [0.15, 0.2) is 243 Å². The number of ether oxygens (including phenoxy) is 2. The van der Waals surface area contributed by atoms with Crippen molar-refractivity contribution in [1.29, 1.82) is 5.26 Å². The van der Waals surface area contributed by atoms with Crippen molar-refractivity contribution >= 4 is 118 Å².